The number of halogens is 1. The van der Waals surface area contributed by atoms with Crippen LogP contribution >= 0.6 is 0 Å². The lowest BCUT2D eigenvalue weighted by Crippen LogP contribution is -2.45. The molecular formula is C27H34FN7O. The lowest BCUT2D eigenvalue weighted by molar-refractivity contribution is 0.128. The predicted molar refractivity (Wildman–Crippen MR) is 140 cm³/mol. The van der Waals surface area contributed by atoms with E-state index in [1.54, 1.807) is 18.5 Å². The first-order chi connectivity index (χ1) is 17.4. The molecular weight excluding hydrogens is 457 g/mol. The average molecular weight is 492 g/mol. The van der Waals surface area contributed by atoms with E-state index in [0.29, 0.717) is 25.2 Å². The average Bonchev–Trinajstić information content (AvgIpc) is 2.86. The Balaban J connectivity index is 0.000000256. The highest BCUT2D eigenvalue weighted by Gasteiger charge is 2.29. The number of aryl methyl sites for hydroxylation is 1. The Bertz CT molecular complexity index is 1200. The van der Waals surface area contributed by atoms with E-state index in [1.165, 1.54) is 12.1 Å². The van der Waals surface area contributed by atoms with Gasteiger partial charge in [-0.05, 0) is 62.1 Å². The van der Waals surface area contributed by atoms with Crippen LogP contribution in [0.5, 0.6) is 0 Å². The number of piperazine rings is 1. The maximum Gasteiger partial charge on any atom is 0.220 e. The number of hydrogen-bond acceptors (Lipinski definition) is 8. The van der Waals surface area contributed by atoms with Crippen LogP contribution in [0.1, 0.15) is 34.9 Å². The van der Waals surface area contributed by atoms with Gasteiger partial charge in [0.2, 0.25) is 5.95 Å². The summed E-state index contributed by atoms with van der Waals surface area (Å²) in [4.78, 5) is 17.3. The molecule has 0 bridgehead atoms. The number of benzene rings is 1. The summed E-state index contributed by atoms with van der Waals surface area (Å²) in [6.07, 6.45) is 4.62. The number of β-amino-alcohol motifs (C(OH)–C–C–N with tert-alkyl or cyclic N) is 1. The quantitative estimate of drug-likeness (QED) is 0.514. The Kier molecular flexibility index (Phi) is 8.35. The van der Waals surface area contributed by atoms with Crippen LogP contribution in [0.15, 0.2) is 42.7 Å². The fourth-order valence-corrected chi connectivity index (χ4v) is 4.94. The van der Waals surface area contributed by atoms with Crippen LogP contribution < -0.4 is 5.73 Å². The van der Waals surface area contributed by atoms with E-state index in [9.17, 15) is 4.39 Å². The van der Waals surface area contributed by atoms with E-state index >= 15 is 0 Å². The highest BCUT2D eigenvalue weighted by atomic mass is 19.1. The topological polar surface area (TPSA) is 115 Å². The minimum atomic E-state index is -0.290. The van der Waals surface area contributed by atoms with Gasteiger partial charge >= 0.3 is 0 Å². The van der Waals surface area contributed by atoms with Crippen LogP contribution in [0.25, 0.3) is 11.1 Å². The molecule has 1 aromatic carbocycles. The van der Waals surface area contributed by atoms with E-state index in [1.807, 2.05) is 19.1 Å². The lowest BCUT2D eigenvalue weighted by Gasteiger charge is -2.31. The largest absolute Gasteiger partial charge is 0.395 e. The second-order valence-corrected chi connectivity index (χ2v) is 9.41. The van der Waals surface area contributed by atoms with Crippen molar-refractivity contribution in [2.75, 3.05) is 52.1 Å². The number of nitrogens with one attached hydrogen (secondary N) is 1. The zero-order valence-corrected chi connectivity index (χ0v) is 20.9. The molecule has 36 heavy (non-hydrogen) atoms. The summed E-state index contributed by atoms with van der Waals surface area (Å²) in [7, 11) is 2.14. The van der Waals surface area contributed by atoms with Crippen molar-refractivity contribution < 1.29 is 9.50 Å². The number of likely N-dealkylation sites (N-methyl/N-ethyl adjacent to an activating group) is 1. The van der Waals surface area contributed by atoms with E-state index in [4.69, 9.17) is 16.2 Å². The minimum Gasteiger partial charge on any atom is -0.395 e. The smallest absolute Gasteiger partial charge is 0.220 e. The molecule has 190 valence electrons. The lowest BCUT2D eigenvalue weighted by atomic mass is 9.78. The number of aliphatic hydroxyl groups is 1. The molecule has 0 spiro atoms. The van der Waals surface area contributed by atoms with Gasteiger partial charge in [-0.1, -0.05) is 12.1 Å². The molecule has 4 N–H and O–H groups in total. The van der Waals surface area contributed by atoms with Gasteiger partial charge in [-0.15, -0.1) is 0 Å². The first-order valence-electron chi connectivity index (χ1n) is 12.3. The fourth-order valence-electron chi connectivity index (χ4n) is 4.94. The second-order valence-electron chi connectivity index (χ2n) is 9.41. The van der Waals surface area contributed by atoms with E-state index in [0.717, 1.165) is 66.4 Å². The van der Waals surface area contributed by atoms with Crippen LogP contribution in [0.4, 0.5) is 10.3 Å². The molecule has 1 aliphatic carbocycles. The number of nitrogen functional groups attached to an aromatic ring is 1. The molecule has 1 fully saturated rings. The molecule has 3 heterocycles. The highest BCUT2D eigenvalue weighted by Crippen LogP contribution is 2.38. The maximum absolute atomic E-state index is 13.9. The summed E-state index contributed by atoms with van der Waals surface area (Å²) in [5.74, 6) is -0.0397. The maximum atomic E-state index is 13.9. The van der Waals surface area contributed by atoms with E-state index in [2.05, 4.69) is 31.8 Å². The molecule has 1 saturated heterocycles. The Hall–Kier alpha value is -3.27. The first kappa shape index (κ1) is 25.8. The molecule has 8 nitrogen and oxygen atoms in total. The predicted octanol–water partition coefficient (Wildman–Crippen LogP) is 2.89. The van der Waals surface area contributed by atoms with Gasteiger partial charge in [0.15, 0.2) is 0 Å². The number of aliphatic hydroxyl groups excluding tert-OH is 1. The van der Waals surface area contributed by atoms with Gasteiger partial charge in [-0.2, -0.15) is 0 Å². The van der Waals surface area contributed by atoms with Gasteiger partial charge in [0.05, 0.1) is 18.0 Å². The number of fused-ring (bicyclic) bond motifs is 1. The number of pyridine rings is 1. The number of nitrogens with two attached hydrogens (primary N) is 1. The molecule has 1 unspecified atom stereocenters. The minimum absolute atomic E-state index is 0.0273. The number of anilines is 1. The fraction of sp³-hybridized carbons (Fsp3) is 0.407. The van der Waals surface area contributed by atoms with Crippen molar-refractivity contribution in [3.63, 3.8) is 0 Å². The molecule has 2 aromatic heterocycles. The SMILES string of the molecule is CN1CCN(CCO)CC1.Cc1nc(N)nc2c1C(=N)CC(c1ccc(F)cc1-c1cccnc1)C2. The molecule has 0 amide bonds. The second kappa shape index (κ2) is 11.6. The van der Waals surface area contributed by atoms with Crippen molar-refractivity contribution in [1.29, 1.82) is 5.41 Å². The van der Waals surface area contributed by atoms with Crippen LogP contribution in [-0.4, -0.2) is 81.9 Å². The van der Waals surface area contributed by atoms with Crippen molar-refractivity contribution in [2.24, 2.45) is 0 Å². The summed E-state index contributed by atoms with van der Waals surface area (Å²) in [5, 5.41) is 17.1. The van der Waals surface area contributed by atoms with Crippen molar-refractivity contribution in [2.45, 2.75) is 25.7 Å². The van der Waals surface area contributed by atoms with Gasteiger partial charge in [0, 0.05) is 62.0 Å². The number of rotatable bonds is 4. The Labute approximate surface area is 211 Å². The van der Waals surface area contributed by atoms with Crippen molar-refractivity contribution in [3.05, 3.63) is 71.1 Å². The zero-order valence-electron chi connectivity index (χ0n) is 20.9. The van der Waals surface area contributed by atoms with Crippen molar-refractivity contribution in [1.82, 2.24) is 24.8 Å². The molecule has 1 aliphatic heterocycles. The Morgan fingerprint density at radius 2 is 1.92 bits per heavy atom. The van der Waals surface area contributed by atoms with E-state index in [-0.39, 0.29) is 17.7 Å². The van der Waals surface area contributed by atoms with Crippen LogP contribution in [-0.2, 0) is 6.42 Å². The summed E-state index contributed by atoms with van der Waals surface area (Å²) in [5.41, 5.74) is 11.3. The molecule has 9 heteroatoms. The summed E-state index contributed by atoms with van der Waals surface area (Å²) in [6, 6.07) is 8.55. The highest BCUT2D eigenvalue weighted by molar-refractivity contribution is 6.01. The third kappa shape index (κ3) is 6.10. The van der Waals surface area contributed by atoms with Crippen LogP contribution in [0.3, 0.4) is 0 Å². The molecule has 0 saturated carbocycles. The first-order valence-corrected chi connectivity index (χ1v) is 12.3. The van der Waals surface area contributed by atoms with Gasteiger partial charge in [0.25, 0.3) is 0 Å². The van der Waals surface area contributed by atoms with Gasteiger partial charge < -0.3 is 21.1 Å². The number of aromatic nitrogens is 3. The molecule has 0 radical (unpaired) electrons. The molecule has 2 aliphatic rings. The summed E-state index contributed by atoms with van der Waals surface area (Å²) >= 11 is 0. The summed E-state index contributed by atoms with van der Waals surface area (Å²) in [6.45, 7) is 7.48. The third-order valence-corrected chi connectivity index (χ3v) is 6.81. The molecule has 3 aromatic rings. The van der Waals surface area contributed by atoms with Gasteiger partial charge in [0.1, 0.15) is 5.82 Å². The third-order valence-electron chi connectivity index (χ3n) is 6.81. The number of hydrogen-bond donors (Lipinski definition) is 3. The monoisotopic (exact) mass is 491 g/mol. The van der Waals surface area contributed by atoms with Crippen molar-refractivity contribution in [3.8, 4) is 11.1 Å². The van der Waals surface area contributed by atoms with Crippen LogP contribution in [0, 0.1) is 18.2 Å². The zero-order chi connectivity index (χ0) is 25.7. The molecule has 5 rings (SSSR count). The van der Waals surface area contributed by atoms with Gasteiger partial charge in [-0.3, -0.25) is 9.88 Å². The summed E-state index contributed by atoms with van der Waals surface area (Å²) < 4.78 is 13.9. The normalized spacial score (nSPS) is 18.3. The van der Waals surface area contributed by atoms with Crippen molar-refractivity contribution >= 4 is 11.7 Å². The van der Waals surface area contributed by atoms with Gasteiger partial charge in [-0.25, -0.2) is 14.4 Å². The Morgan fingerprint density at radius 1 is 1.14 bits per heavy atom. The Morgan fingerprint density at radius 3 is 2.61 bits per heavy atom. The number of nitrogens with zero attached hydrogens (tertiary/aromatic N) is 5. The van der Waals surface area contributed by atoms with E-state index < -0.39 is 0 Å². The van der Waals surface area contributed by atoms with Crippen LogP contribution in [0.2, 0.25) is 0 Å². The molecule has 1 atom stereocenters. The standard InChI is InChI=1S/C20H18FN5.C7H16N2O/c1-11-19-17(22)7-13(8-18(19)26-20(23)25-11)15-5-4-14(21)9-16(15)12-3-2-6-24-10-12;1-8-2-4-9(5-3-8)6-7-10/h2-6,9-10,13,22H,7-8H2,1H3,(H2,23,25,26);10H,2-7H2,1H3.